The molecule has 7 heteroatoms. The van der Waals surface area contributed by atoms with Gasteiger partial charge in [-0.25, -0.2) is 4.98 Å². The quantitative estimate of drug-likeness (QED) is 0.493. The fourth-order valence-corrected chi connectivity index (χ4v) is 1.66. The van der Waals surface area contributed by atoms with Gasteiger partial charge >= 0.3 is 0 Å². The fourth-order valence-electron chi connectivity index (χ4n) is 1.21. The van der Waals surface area contributed by atoms with Crippen LogP contribution < -0.4 is 11.1 Å². The van der Waals surface area contributed by atoms with Crippen LogP contribution in [0, 0.1) is 17.0 Å². The highest BCUT2D eigenvalue weighted by molar-refractivity contribution is 9.10. The number of hydrogen-bond acceptors (Lipinski definition) is 5. The summed E-state index contributed by atoms with van der Waals surface area (Å²) in [5, 5.41) is 13.7. The molecule has 0 aliphatic heterocycles. The summed E-state index contributed by atoms with van der Waals surface area (Å²) in [5.74, 6) is 0.578. The van der Waals surface area contributed by atoms with E-state index < -0.39 is 4.92 Å². The lowest BCUT2D eigenvalue weighted by Gasteiger charge is -2.07. The second-order valence-corrected chi connectivity index (χ2v) is 4.07. The highest BCUT2D eigenvalue weighted by Crippen LogP contribution is 2.30. The van der Waals surface area contributed by atoms with Gasteiger partial charge in [-0.1, -0.05) is 12.2 Å². The average molecular weight is 301 g/mol. The zero-order chi connectivity index (χ0) is 12.8. The second-order valence-electron chi connectivity index (χ2n) is 3.28. The van der Waals surface area contributed by atoms with Crippen molar-refractivity contribution in [1.82, 2.24) is 4.98 Å². The maximum absolute atomic E-state index is 10.7. The Balaban J connectivity index is 2.85. The van der Waals surface area contributed by atoms with E-state index in [1.807, 2.05) is 12.2 Å². The first-order valence-electron chi connectivity index (χ1n) is 4.96. The minimum absolute atomic E-state index is 0.0000692. The number of hydrogen-bond donors (Lipinski definition) is 2. The lowest BCUT2D eigenvalue weighted by atomic mass is 10.2. The summed E-state index contributed by atoms with van der Waals surface area (Å²) in [5.41, 5.74) is 5.85. The first-order chi connectivity index (χ1) is 8.07. The molecule has 92 valence electrons. The van der Waals surface area contributed by atoms with E-state index in [-0.39, 0.29) is 5.69 Å². The molecule has 6 nitrogen and oxygen atoms in total. The molecule has 3 N–H and O–H groups in total. The molecule has 0 aliphatic carbocycles. The number of nitrogens with two attached hydrogens (primary N) is 1. The number of halogens is 1. The van der Waals surface area contributed by atoms with Crippen LogP contribution in [0.25, 0.3) is 0 Å². The molecule has 0 fully saturated rings. The number of nitrogens with zero attached hydrogens (tertiary/aromatic N) is 2. The predicted molar refractivity (Wildman–Crippen MR) is 70.0 cm³/mol. The molecule has 0 atom stereocenters. The van der Waals surface area contributed by atoms with Gasteiger partial charge in [-0.05, 0) is 22.9 Å². The van der Waals surface area contributed by atoms with Crippen LogP contribution in [0.1, 0.15) is 5.56 Å². The van der Waals surface area contributed by atoms with Gasteiger partial charge in [0.2, 0.25) is 0 Å². The minimum atomic E-state index is -0.453. The third-order valence-electron chi connectivity index (χ3n) is 2.12. The van der Waals surface area contributed by atoms with E-state index >= 15 is 0 Å². The molecule has 0 amide bonds. The molecule has 17 heavy (non-hydrogen) atoms. The van der Waals surface area contributed by atoms with Gasteiger partial charge in [-0.2, -0.15) is 0 Å². The molecule has 0 unspecified atom stereocenters. The molecule has 0 bridgehead atoms. The largest absolute Gasteiger partial charge is 0.366 e. The van der Waals surface area contributed by atoms with Crippen molar-refractivity contribution in [2.45, 2.75) is 6.92 Å². The molecular formula is C10H13BrN4O2. The Morgan fingerprint density at radius 2 is 2.35 bits per heavy atom. The summed E-state index contributed by atoms with van der Waals surface area (Å²) in [4.78, 5) is 14.2. The molecule has 0 spiro atoms. The second kappa shape index (κ2) is 6.31. The van der Waals surface area contributed by atoms with Crippen molar-refractivity contribution in [2.75, 3.05) is 18.4 Å². The molecule has 0 radical (unpaired) electrons. The van der Waals surface area contributed by atoms with E-state index in [1.54, 1.807) is 6.92 Å². The first-order valence-corrected chi connectivity index (χ1v) is 5.75. The highest BCUT2D eigenvalue weighted by Gasteiger charge is 2.16. The number of pyridine rings is 1. The van der Waals surface area contributed by atoms with E-state index in [0.29, 0.717) is 28.9 Å². The number of anilines is 1. The first kappa shape index (κ1) is 13.6. The van der Waals surface area contributed by atoms with E-state index in [2.05, 4.69) is 26.2 Å². The SMILES string of the molecule is Cc1c([N+](=O)[O-])cnc(NC/C=C/CN)c1Br. The van der Waals surface area contributed by atoms with Gasteiger partial charge in [0, 0.05) is 18.7 Å². The lowest BCUT2D eigenvalue weighted by Crippen LogP contribution is -2.04. The molecule has 0 aromatic carbocycles. The van der Waals surface area contributed by atoms with Crippen LogP contribution in [-0.2, 0) is 0 Å². The Morgan fingerprint density at radius 3 is 2.94 bits per heavy atom. The molecule has 1 heterocycles. The number of rotatable bonds is 5. The minimum Gasteiger partial charge on any atom is -0.366 e. The summed E-state index contributed by atoms with van der Waals surface area (Å²) in [6.45, 7) is 2.72. The van der Waals surface area contributed by atoms with E-state index in [1.165, 1.54) is 6.20 Å². The van der Waals surface area contributed by atoms with Crippen LogP contribution in [0.5, 0.6) is 0 Å². The van der Waals surface area contributed by atoms with Crippen molar-refractivity contribution in [1.29, 1.82) is 0 Å². The molecule has 1 aromatic heterocycles. The smallest absolute Gasteiger partial charge is 0.291 e. The van der Waals surface area contributed by atoms with Gasteiger partial charge in [0.1, 0.15) is 12.0 Å². The van der Waals surface area contributed by atoms with E-state index in [4.69, 9.17) is 5.73 Å². The molecule has 0 saturated carbocycles. The van der Waals surface area contributed by atoms with Gasteiger partial charge in [-0.3, -0.25) is 10.1 Å². The van der Waals surface area contributed by atoms with Crippen molar-refractivity contribution in [3.05, 3.63) is 38.5 Å². The summed E-state index contributed by atoms with van der Waals surface area (Å²) < 4.78 is 0.604. The molecule has 0 aliphatic rings. The van der Waals surface area contributed by atoms with Crippen LogP contribution >= 0.6 is 15.9 Å². The Hall–Kier alpha value is -1.47. The molecule has 1 rings (SSSR count). The van der Waals surface area contributed by atoms with Crippen molar-refractivity contribution >= 4 is 27.4 Å². The molecular weight excluding hydrogens is 288 g/mol. The van der Waals surface area contributed by atoms with Gasteiger partial charge < -0.3 is 11.1 Å². The Bertz CT molecular complexity index is 448. The highest BCUT2D eigenvalue weighted by atomic mass is 79.9. The summed E-state index contributed by atoms with van der Waals surface area (Å²) in [6, 6.07) is 0. The number of aromatic nitrogens is 1. The maximum Gasteiger partial charge on any atom is 0.291 e. The summed E-state index contributed by atoms with van der Waals surface area (Å²) >= 11 is 3.29. The van der Waals surface area contributed by atoms with Crippen molar-refractivity contribution < 1.29 is 4.92 Å². The topological polar surface area (TPSA) is 94.1 Å². The third-order valence-corrected chi connectivity index (χ3v) is 3.09. The van der Waals surface area contributed by atoms with Crippen LogP contribution in [-0.4, -0.2) is 23.0 Å². The van der Waals surface area contributed by atoms with Crippen molar-refractivity contribution in [3.8, 4) is 0 Å². The van der Waals surface area contributed by atoms with Crippen LogP contribution in [0.2, 0.25) is 0 Å². The number of nitrogens with one attached hydrogen (secondary N) is 1. The van der Waals surface area contributed by atoms with E-state index in [0.717, 1.165) is 0 Å². The van der Waals surface area contributed by atoms with E-state index in [9.17, 15) is 10.1 Å². The van der Waals surface area contributed by atoms with Crippen molar-refractivity contribution in [2.24, 2.45) is 5.73 Å². The monoisotopic (exact) mass is 300 g/mol. The molecule has 1 aromatic rings. The summed E-state index contributed by atoms with van der Waals surface area (Å²) in [7, 11) is 0. The Kier molecular flexibility index (Phi) is 5.05. The fraction of sp³-hybridized carbons (Fsp3) is 0.300. The van der Waals surface area contributed by atoms with Crippen molar-refractivity contribution in [3.63, 3.8) is 0 Å². The third kappa shape index (κ3) is 3.50. The predicted octanol–water partition coefficient (Wildman–Crippen LogP) is 1.99. The van der Waals surface area contributed by atoms with Crippen LogP contribution in [0.4, 0.5) is 11.5 Å². The molecule has 0 saturated heterocycles. The van der Waals surface area contributed by atoms with Gasteiger partial charge in [0.05, 0.1) is 9.40 Å². The van der Waals surface area contributed by atoms with Crippen LogP contribution in [0.15, 0.2) is 22.8 Å². The average Bonchev–Trinajstić information content (AvgIpc) is 2.29. The Morgan fingerprint density at radius 1 is 1.65 bits per heavy atom. The standard InChI is InChI=1S/C10H13BrN4O2/c1-7-8(15(16)17)6-14-10(9(7)11)13-5-3-2-4-12/h2-3,6H,4-5,12H2,1H3,(H,13,14)/b3-2+. The Labute approximate surface area is 107 Å². The summed E-state index contributed by atoms with van der Waals surface area (Å²) in [6.07, 6.45) is 4.93. The van der Waals surface area contributed by atoms with Gasteiger partial charge in [0.25, 0.3) is 5.69 Å². The zero-order valence-electron chi connectivity index (χ0n) is 9.31. The van der Waals surface area contributed by atoms with Crippen LogP contribution in [0.3, 0.4) is 0 Å². The normalized spacial score (nSPS) is 10.8. The lowest BCUT2D eigenvalue weighted by molar-refractivity contribution is -0.385. The zero-order valence-corrected chi connectivity index (χ0v) is 10.9. The van der Waals surface area contributed by atoms with Gasteiger partial charge in [0.15, 0.2) is 0 Å². The number of nitro groups is 1. The maximum atomic E-state index is 10.7. The van der Waals surface area contributed by atoms with Gasteiger partial charge in [-0.15, -0.1) is 0 Å².